The van der Waals surface area contributed by atoms with Crippen molar-refractivity contribution in [3.63, 3.8) is 0 Å². The number of benzene rings is 1. The van der Waals surface area contributed by atoms with Gasteiger partial charge in [0.05, 0.1) is 6.61 Å². The Labute approximate surface area is 127 Å². The van der Waals surface area contributed by atoms with Crippen molar-refractivity contribution >= 4 is 11.6 Å². The summed E-state index contributed by atoms with van der Waals surface area (Å²) in [5, 5.41) is 4.21. The molecule has 1 aliphatic rings. The lowest BCUT2D eigenvalue weighted by Gasteiger charge is -2.36. The fourth-order valence-electron chi connectivity index (χ4n) is 2.88. The predicted octanol–water partition coefficient (Wildman–Crippen LogP) is 2.96. The smallest absolute Gasteiger partial charge is 0.0521 e. The maximum absolute atomic E-state index is 5.95. The molecule has 0 radical (unpaired) electrons. The molecule has 1 N–H and O–H groups in total. The van der Waals surface area contributed by atoms with Crippen molar-refractivity contribution in [3.8, 4) is 0 Å². The van der Waals surface area contributed by atoms with Crippen LogP contribution in [0, 0.1) is 5.92 Å². The summed E-state index contributed by atoms with van der Waals surface area (Å²) in [6.45, 7) is 5.00. The number of halogens is 1. The van der Waals surface area contributed by atoms with E-state index in [1.165, 1.54) is 5.56 Å². The second-order valence-corrected chi connectivity index (χ2v) is 6.12. The highest BCUT2D eigenvalue weighted by atomic mass is 35.5. The molecule has 0 saturated carbocycles. The number of nitrogens with zero attached hydrogens (tertiary/aromatic N) is 1. The van der Waals surface area contributed by atoms with Crippen LogP contribution in [0.3, 0.4) is 0 Å². The van der Waals surface area contributed by atoms with Gasteiger partial charge < -0.3 is 10.1 Å². The van der Waals surface area contributed by atoms with E-state index in [-0.39, 0.29) is 0 Å². The summed E-state index contributed by atoms with van der Waals surface area (Å²) in [6, 6.07) is 9.07. The molecular weight excluding hydrogens is 272 g/mol. The van der Waals surface area contributed by atoms with Gasteiger partial charge in [0, 0.05) is 36.2 Å². The number of hydrogen-bond donors (Lipinski definition) is 1. The van der Waals surface area contributed by atoms with Gasteiger partial charge in [-0.3, -0.25) is 4.90 Å². The molecule has 112 valence electrons. The minimum absolute atomic E-state index is 0.381. The normalized spacial score (nSPS) is 24.9. The van der Waals surface area contributed by atoms with Gasteiger partial charge in [0.25, 0.3) is 0 Å². The summed E-state index contributed by atoms with van der Waals surface area (Å²) in [6.07, 6.45) is 1.10. The lowest BCUT2D eigenvalue weighted by atomic mass is 9.94. The van der Waals surface area contributed by atoms with Crippen LogP contribution in [-0.2, 0) is 4.74 Å². The molecule has 0 bridgehead atoms. The molecule has 2 rings (SSSR count). The lowest BCUT2D eigenvalue weighted by Crippen LogP contribution is -2.46. The Bertz CT molecular complexity index is 409. The summed E-state index contributed by atoms with van der Waals surface area (Å²) in [7, 11) is 4.23. The van der Waals surface area contributed by atoms with Crippen molar-refractivity contribution in [2.24, 2.45) is 5.92 Å². The summed E-state index contributed by atoms with van der Waals surface area (Å²) in [5.41, 5.74) is 1.30. The van der Waals surface area contributed by atoms with E-state index in [0.29, 0.717) is 18.0 Å². The first-order valence-corrected chi connectivity index (χ1v) is 7.70. The predicted molar refractivity (Wildman–Crippen MR) is 84.3 cm³/mol. The van der Waals surface area contributed by atoms with Gasteiger partial charge in [0.2, 0.25) is 0 Å². The maximum atomic E-state index is 5.95. The van der Waals surface area contributed by atoms with Crippen LogP contribution < -0.4 is 5.32 Å². The highest BCUT2D eigenvalue weighted by molar-refractivity contribution is 6.30. The molecule has 4 heteroatoms. The van der Waals surface area contributed by atoms with Crippen LogP contribution in [0.25, 0.3) is 0 Å². The van der Waals surface area contributed by atoms with Crippen LogP contribution in [0.2, 0.25) is 5.02 Å². The zero-order valence-corrected chi connectivity index (χ0v) is 13.4. The van der Waals surface area contributed by atoms with E-state index in [1.54, 1.807) is 0 Å². The second kappa shape index (κ2) is 7.41. The first kappa shape index (κ1) is 15.8. The molecule has 1 fully saturated rings. The Kier molecular flexibility index (Phi) is 5.85. The molecule has 0 aromatic heterocycles. The number of nitrogens with one attached hydrogen (secondary N) is 1. The van der Waals surface area contributed by atoms with Crippen molar-refractivity contribution in [1.82, 2.24) is 10.2 Å². The monoisotopic (exact) mass is 296 g/mol. The molecule has 1 aromatic carbocycles. The molecule has 1 aromatic rings. The number of ether oxygens (including phenoxy) is 1. The largest absolute Gasteiger partial charge is 0.381 e. The van der Waals surface area contributed by atoms with Gasteiger partial charge in [-0.15, -0.1) is 0 Å². The molecule has 1 saturated heterocycles. The van der Waals surface area contributed by atoms with Gasteiger partial charge in [0.1, 0.15) is 0 Å². The van der Waals surface area contributed by atoms with E-state index in [9.17, 15) is 0 Å². The van der Waals surface area contributed by atoms with E-state index in [0.717, 1.165) is 31.2 Å². The minimum Gasteiger partial charge on any atom is -0.381 e. The van der Waals surface area contributed by atoms with Crippen LogP contribution in [0.1, 0.15) is 24.9 Å². The second-order valence-electron chi connectivity index (χ2n) is 5.69. The molecule has 0 spiro atoms. The molecule has 1 aliphatic heterocycles. The highest BCUT2D eigenvalue weighted by Gasteiger charge is 2.26. The van der Waals surface area contributed by atoms with Gasteiger partial charge >= 0.3 is 0 Å². The van der Waals surface area contributed by atoms with Gasteiger partial charge in [-0.05, 0) is 45.1 Å². The van der Waals surface area contributed by atoms with E-state index < -0.39 is 0 Å². The Morgan fingerprint density at radius 3 is 2.75 bits per heavy atom. The number of rotatable bonds is 5. The molecule has 3 unspecified atom stereocenters. The zero-order valence-electron chi connectivity index (χ0n) is 12.6. The third kappa shape index (κ3) is 3.95. The van der Waals surface area contributed by atoms with E-state index >= 15 is 0 Å². The van der Waals surface area contributed by atoms with Crippen molar-refractivity contribution in [2.45, 2.75) is 25.4 Å². The van der Waals surface area contributed by atoms with Crippen molar-refractivity contribution in [2.75, 3.05) is 33.9 Å². The van der Waals surface area contributed by atoms with Gasteiger partial charge in [0.15, 0.2) is 0 Å². The topological polar surface area (TPSA) is 24.5 Å². The summed E-state index contributed by atoms with van der Waals surface area (Å²) in [5.74, 6) is 0.550. The first-order valence-electron chi connectivity index (χ1n) is 7.32. The summed E-state index contributed by atoms with van der Waals surface area (Å²) >= 11 is 5.95. The maximum Gasteiger partial charge on any atom is 0.0521 e. The van der Waals surface area contributed by atoms with Crippen LogP contribution in [0.15, 0.2) is 24.3 Å². The van der Waals surface area contributed by atoms with Crippen LogP contribution in [0.5, 0.6) is 0 Å². The van der Waals surface area contributed by atoms with Crippen LogP contribution >= 0.6 is 11.6 Å². The van der Waals surface area contributed by atoms with Crippen molar-refractivity contribution < 1.29 is 4.74 Å². The minimum atomic E-state index is 0.381. The SMILES string of the molecule is CNC1CCOCC1CN(C)C(C)c1ccc(Cl)cc1. The fourth-order valence-corrected chi connectivity index (χ4v) is 3.01. The summed E-state index contributed by atoms with van der Waals surface area (Å²) < 4.78 is 5.63. The molecule has 0 amide bonds. The van der Waals surface area contributed by atoms with Crippen molar-refractivity contribution in [3.05, 3.63) is 34.9 Å². The Morgan fingerprint density at radius 2 is 2.10 bits per heavy atom. The molecule has 0 aliphatic carbocycles. The first-order chi connectivity index (χ1) is 9.61. The van der Waals surface area contributed by atoms with E-state index in [1.807, 2.05) is 19.2 Å². The molecule has 3 atom stereocenters. The van der Waals surface area contributed by atoms with E-state index in [4.69, 9.17) is 16.3 Å². The average Bonchev–Trinajstić information content (AvgIpc) is 2.48. The molecular formula is C16H25ClN2O. The Balaban J connectivity index is 1.96. The van der Waals surface area contributed by atoms with Crippen LogP contribution in [0.4, 0.5) is 0 Å². The molecule has 3 nitrogen and oxygen atoms in total. The average molecular weight is 297 g/mol. The quantitative estimate of drug-likeness (QED) is 0.904. The standard InChI is InChI=1S/C16H25ClN2O/c1-12(13-4-6-15(17)7-5-13)19(3)10-14-11-20-9-8-16(14)18-2/h4-7,12,14,16,18H,8-11H2,1-3H3. The van der Waals surface area contributed by atoms with Crippen LogP contribution in [-0.4, -0.2) is 44.8 Å². The number of hydrogen-bond acceptors (Lipinski definition) is 3. The van der Waals surface area contributed by atoms with Gasteiger partial charge in [-0.2, -0.15) is 0 Å². The van der Waals surface area contributed by atoms with Gasteiger partial charge in [-0.1, -0.05) is 23.7 Å². The van der Waals surface area contributed by atoms with E-state index in [2.05, 4.69) is 36.3 Å². The third-order valence-electron chi connectivity index (χ3n) is 4.38. The Hall–Kier alpha value is -0.610. The fraction of sp³-hybridized carbons (Fsp3) is 0.625. The highest BCUT2D eigenvalue weighted by Crippen LogP contribution is 2.23. The zero-order chi connectivity index (χ0) is 14.5. The Morgan fingerprint density at radius 1 is 1.40 bits per heavy atom. The van der Waals surface area contributed by atoms with Gasteiger partial charge in [-0.25, -0.2) is 0 Å². The lowest BCUT2D eigenvalue weighted by molar-refractivity contribution is 0.0172. The molecule has 20 heavy (non-hydrogen) atoms. The molecule has 1 heterocycles. The third-order valence-corrected chi connectivity index (χ3v) is 4.63. The van der Waals surface area contributed by atoms with Crippen molar-refractivity contribution in [1.29, 1.82) is 0 Å². The summed E-state index contributed by atoms with van der Waals surface area (Å²) in [4.78, 5) is 2.40.